The van der Waals surface area contributed by atoms with Crippen LogP contribution >= 0.6 is 0 Å². The number of fused-ring (bicyclic) bond motifs is 1. The van der Waals surface area contributed by atoms with Gasteiger partial charge in [0.25, 0.3) is 5.91 Å². The highest BCUT2D eigenvalue weighted by Gasteiger charge is 2.40. The Balaban J connectivity index is 0.000000383. The lowest BCUT2D eigenvalue weighted by atomic mass is 10.1. The van der Waals surface area contributed by atoms with Gasteiger partial charge in [0.05, 0.1) is 31.2 Å². The Hall–Kier alpha value is -2.86. The van der Waals surface area contributed by atoms with E-state index in [1.807, 2.05) is 36.9 Å². The fraction of sp³-hybridized carbons (Fsp3) is 0.571. The minimum Gasteiger partial charge on any atom is -0.475 e. The van der Waals surface area contributed by atoms with Gasteiger partial charge < -0.3 is 19.2 Å². The Labute approximate surface area is 188 Å². The first-order valence-corrected chi connectivity index (χ1v) is 10.6. The second-order valence-electron chi connectivity index (χ2n) is 7.98. The first-order valence-electron chi connectivity index (χ1n) is 10.6. The number of ether oxygens (including phenoxy) is 1. The second kappa shape index (κ2) is 10.4. The molecule has 4 heterocycles. The van der Waals surface area contributed by atoms with E-state index in [-0.39, 0.29) is 12.0 Å². The van der Waals surface area contributed by atoms with Gasteiger partial charge in [0.15, 0.2) is 0 Å². The molecule has 0 unspecified atom stereocenters. The van der Waals surface area contributed by atoms with Gasteiger partial charge in [-0.25, -0.2) is 4.79 Å². The molecule has 1 amide bonds. The van der Waals surface area contributed by atoms with Gasteiger partial charge >= 0.3 is 12.1 Å². The summed E-state index contributed by atoms with van der Waals surface area (Å²) < 4.78 is 45.1. The maximum atomic E-state index is 13.0. The van der Waals surface area contributed by atoms with Crippen LogP contribution in [0.15, 0.2) is 28.9 Å². The molecule has 182 valence electrons. The van der Waals surface area contributed by atoms with Crippen LogP contribution < -0.4 is 0 Å². The van der Waals surface area contributed by atoms with E-state index in [0.29, 0.717) is 31.3 Å². The first kappa shape index (κ1) is 24.8. The van der Waals surface area contributed by atoms with Crippen LogP contribution in [0.1, 0.15) is 28.9 Å². The quantitative estimate of drug-likeness (QED) is 0.729. The largest absolute Gasteiger partial charge is 0.490 e. The van der Waals surface area contributed by atoms with E-state index in [1.54, 1.807) is 10.9 Å². The van der Waals surface area contributed by atoms with Crippen molar-refractivity contribution < 1.29 is 37.0 Å². The highest BCUT2D eigenvalue weighted by molar-refractivity contribution is 5.93. The molecule has 0 aromatic carbocycles. The molecule has 0 aliphatic carbocycles. The van der Waals surface area contributed by atoms with Crippen LogP contribution in [0.2, 0.25) is 0 Å². The maximum absolute atomic E-state index is 13.0. The number of aryl methyl sites for hydroxylation is 2. The summed E-state index contributed by atoms with van der Waals surface area (Å²) in [4.78, 5) is 26.2. The molecule has 2 fully saturated rings. The number of halogens is 3. The van der Waals surface area contributed by atoms with Crippen molar-refractivity contribution in [1.82, 2.24) is 19.6 Å². The van der Waals surface area contributed by atoms with Gasteiger partial charge in [-0.15, -0.1) is 0 Å². The van der Waals surface area contributed by atoms with E-state index >= 15 is 0 Å². The van der Waals surface area contributed by atoms with Crippen LogP contribution in [0.25, 0.3) is 0 Å². The topological polar surface area (TPSA) is 101 Å². The highest BCUT2D eigenvalue weighted by Crippen LogP contribution is 2.26. The van der Waals surface area contributed by atoms with E-state index in [1.165, 1.54) is 0 Å². The average Bonchev–Trinajstić information content (AvgIpc) is 3.46. The second-order valence-corrected chi connectivity index (χ2v) is 7.98. The molecule has 0 bridgehead atoms. The summed E-state index contributed by atoms with van der Waals surface area (Å²) in [7, 11) is 0. The number of aliphatic carboxylic acids is 1. The number of carboxylic acids is 1. The third-order valence-electron chi connectivity index (χ3n) is 5.52. The van der Waals surface area contributed by atoms with E-state index in [9.17, 15) is 18.0 Å². The van der Waals surface area contributed by atoms with Gasteiger partial charge in [0.2, 0.25) is 0 Å². The summed E-state index contributed by atoms with van der Waals surface area (Å²) in [6, 6.07) is 5.80. The Morgan fingerprint density at radius 2 is 2.00 bits per heavy atom. The molecule has 0 radical (unpaired) electrons. The Morgan fingerprint density at radius 3 is 2.61 bits per heavy atom. The Bertz CT molecular complexity index is 944. The van der Waals surface area contributed by atoms with E-state index in [2.05, 4.69) is 10.00 Å². The average molecular weight is 472 g/mol. The zero-order valence-electron chi connectivity index (χ0n) is 18.4. The van der Waals surface area contributed by atoms with Crippen LogP contribution in [-0.2, 0) is 22.6 Å². The maximum Gasteiger partial charge on any atom is 0.490 e. The molecule has 2 saturated heterocycles. The summed E-state index contributed by atoms with van der Waals surface area (Å²) in [6.45, 7) is 9.30. The molecular weight excluding hydrogens is 445 g/mol. The van der Waals surface area contributed by atoms with Crippen LogP contribution in [0, 0.1) is 12.8 Å². The molecule has 9 nitrogen and oxygen atoms in total. The van der Waals surface area contributed by atoms with E-state index in [4.69, 9.17) is 19.1 Å². The number of alkyl halides is 3. The number of furan rings is 1. The molecular formula is C21H27F3N4O5. The monoisotopic (exact) mass is 472 g/mol. The molecule has 0 saturated carbocycles. The van der Waals surface area contributed by atoms with Gasteiger partial charge in [0.1, 0.15) is 11.5 Å². The van der Waals surface area contributed by atoms with Crippen molar-refractivity contribution in [1.29, 1.82) is 0 Å². The molecule has 0 spiro atoms. The van der Waals surface area contributed by atoms with Crippen molar-refractivity contribution in [3.05, 3.63) is 41.6 Å². The predicted molar refractivity (Wildman–Crippen MR) is 109 cm³/mol. The number of aromatic nitrogens is 2. The SMILES string of the molecule is CCn1nc(C)cc1C(=O)N1C[C@@H]2CN(Cc3ccco3)CCO[C@@H]2C1.O=C(O)C(F)(F)F. The Morgan fingerprint density at radius 1 is 1.27 bits per heavy atom. The van der Waals surface area contributed by atoms with Crippen LogP contribution in [-0.4, -0.2) is 81.6 Å². The van der Waals surface area contributed by atoms with Gasteiger partial charge in [-0.05, 0) is 32.0 Å². The molecule has 2 aromatic rings. The molecule has 2 aliphatic heterocycles. The number of nitrogens with zero attached hydrogens (tertiary/aromatic N) is 4. The van der Waals surface area contributed by atoms with Gasteiger partial charge in [-0.2, -0.15) is 18.3 Å². The van der Waals surface area contributed by atoms with Crippen molar-refractivity contribution >= 4 is 11.9 Å². The van der Waals surface area contributed by atoms with Crippen LogP contribution in [0.4, 0.5) is 13.2 Å². The number of carbonyl (C=O) groups is 2. The lowest BCUT2D eigenvalue weighted by Crippen LogP contribution is -2.34. The smallest absolute Gasteiger partial charge is 0.475 e. The zero-order valence-corrected chi connectivity index (χ0v) is 18.4. The summed E-state index contributed by atoms with van der Waals surface area (Å²) in [6.07, 6.45) is -3.26. The highest BCUT2D eigenvalue weighted by atomic mass is 19.4. The summed E-state index contributed by atoms with van der Waals surface area (Å²) >= 11 is 0. The molecule has 2 atom stereocenters. The zero-order chi connectivity index (χ0) is 24.2. The van der Waals surface area contributed by atoms with Crippen LogP contribution in [0.5, 0.6) is 0 Å². The number of likely N-dealkylation sites (tertiary alicyclic amines) is 1. The van der Waals surface area contributed by atoms with Crippen molar-refractivity contribution in [2.24, 2.45) is 5.92 Å². The third kappa shape index (κ3) is 6.35. The lowest BCUT2D eigenvalue weighted by Gasteiger charge is -2.22. The standard InChI is InChI=1S/C19H26N4O3.C2HF3O2/c1-3-23-17(9-14(2)20-23)19(24)22-11-15-10-21(6-8-26-18(15)13-22)12-16-5-4-7-25-16;3-2(4,5)1(6)7/h4-5,7,9,15,18H,3,6,8,10-13H2,1-2H3;(H,6,7)/t15-,18+;/m0./s1. The summed E-state index contributed by atoms with van der Waals surface area (Å²) in [5.41, 5.74) is 1.55. The minimum absolute atomic E-state index is 0.0571. The normalized spacial score (nSPS) is 21.2. The van der Waals surface area contributed by atoms with Gasteiger partial charge in [-0.3, -0.25) is 14.4 Å². The minimum atomic E-state index is -5.08. The Kier molecular flexibility index (Phi) is 7.80. The fourth-order valence-corrected chi connectivity index (χ4v) is 4.01. The molecule has 4 rings (SSSR count). The van der Waals surface area contributed by atoms with E-state index in [0.717, 1.165) is 37.6 Å². The number of hydrogen-bond donors (Lipinski definition) is 1. The third-order valence-corrected chi connectivity index (χ3v) is 5.52. The summed E-state index contributed by atoms with van der Waals surface area (Å²) in [5, 5.41) is 11.5. The van der Waals surface area contributed by atoms with Crippen molar-refractivity contribution in [2.75, 3.05) is 32.8 Å². The van der Waals surface area contributed by atoms with Gasteiger partial charge in [0, 0.05) is 38.6 Å². The molecule has 12 heteroatoms. The number of hydrogen-bond acceptors (Lipinski definition) is 6. The first-order chi connectivity index (χ1) is 15.6. The molecule has 2 aromatic heterocycles. The number of amides is 1. The van der Waals surface area contributed by atoms with Crippen molar-refractivity contribution in [2.45, 2.75) is 39.2 Å². The van der Waals surface area contributed by atoms with Gasteiger partial charge in [-0.1, -0.05) is 0 Å². The summed E-state index contributed by atoms with van der Waals surface area (Å²) in [5.74, 6) is -1.40. The van der Waals surface area contributed by atoms with Crippen molar-refractivity contribution in [3.8, 4) is 0 Å². The molecule has 2 aliphatic rings. The van der Waals surface area contributed by atoms with Crippen LogP contribution in [0.3, 0.4) is 0 Å². The molecule has 33 heavy (non-hydrogen) atoms. The van der Waals surface area contributed by atoms with E-state index < -0.39 is 12.1 Å². The number of carbonyl (C=O) groups excluding carboxylic acids is 1. The fourth-order valence-electron chi connectivity index (χ4n) is 4.01. The lowest BCUT2D eigenvalue weighted by molar-refractivity contribution is -0.192. The van der Waals surface area contributed by atoms with Crippen molar-refractivity contribution in [3.63, 3.8) is 0 Å². The number of rotatable bonds is 4. The number of carboxylic acid groups (broad SMARTS) is 1. The molecule has 1 N–H and O–H groups in total. The predicted octanol–water partition coefficient (Wildman–Crippen LogP) is 2.41.